The number of ether oxygens (including phenoxy) is 1. The first-order valence-corrected chi connectivity index (χ1v) is 6.66. The molecule has 1 aromatic carbocycles. The molecule has 1 atom stereocenters. The number of nitrogens with two attached hydrogens (primary N) is 1. The van der Waals surface area contributed by atoms with Crippen molar-refractivity contribution in [1.29, 1.82) is 0 Å². The number of aliphatic hydroxyl groups excluding tert-OH is 1. The number of nitrogens with one attached hydrogen (secondary N) is 1. The Morgan fingerprint density at radius 2 is 2.20 bits per heavy atom. The first kappa shape index (κ1) is 14.3. The Kier molecular flexibility index (Phi) is 4.21. The maximum absolute atomic E-state index is 11.9. The van der Waals surface area contributed by atoms with Crippen molar-refractivity contribution in [3.05, 3.63) is 29.1 Å². The number of benzene rings is 1. The van der Waals surface area contributed by atoms with Gasteiger partial charge in [-0.05, 0) is 29.7 Å². The minimum Gasteiger partial charge on any atom is -0.467 e. The number of anilines is 1. The van der Waals surface area contributed by atoms with Gasteiger partial charge in [0.2, 0.25) is 0 Å². The van der Waals surface area contributed by atoms with E-state index >= 15 is 0 Å². The minimum atomic E-state index is -1.37. The van der Waals surface area contributed by atoms with E-state index in [4.69, 9.17) is 5.73 Å². The molecule has 1 unspecified atom stereocenters. The van der Waals surface area contributed by atoms with E-state index in [1.54, 1.807) is 18.2 Å². The van der Waals surface area contributed by atoms with Gasteiger partial charge < -0.3 is 20.9 Å². The van der Waals surface area contributed by atoms with Gasteiger partial charge in [-0.25, -0.2) is 4.79 Å². The highest BCUT2D eigenvalue weighted by Gasteiger charge is 2.17. The minimum absolute atomic E-state index is 0.193. The van der Waals surface area contributed by atoms with Crippen LogP contribution in [-0.4, -0.2) is 36.7 Å². The van der Waals surface area contributed by atoms with Gasteiger partial charge in [0.25, 0.3) is 5.91 Å². The van der Waals surface area contributed by atoms with E-state index < -0.39 is 12.1 Å². The zero-order chi connectivity index (χ0) is 14.7. The summed E-state index contributed by atoms with van der Waals surface area (Å²) in [6, 6.07) is 7.11. The Morgan fingerprint density at radius 3 is 2.90 bits per heavy atom. The summed E-state index contributed by atoms with van der Waals surface area (Å²) in [6.07, 6.45) is -1.37. The number of hydrogen-bond acceptors (Lipinski definition) is 6. The smallest absolute Gasteiger partial charge is 0.336 e. The molecule has 1 amide bonds. The number of nitrogen functional groups attached to an aromatic ring is 1. The average Bonchev–Trinajstić information content (AvgIpc) is 2.86. The molecule has 0 aliphatic rings. The summed E-state index contributed by atoms with van der Waals surface area (Å²) in [5, 5.41) is 12.7. The molecule has 0 saturated carbocycles. The lowest BCUT2D eigenvalue weighted by molar-refractivity contribution is -0.149. The summed E-state index contributed by atoms with van der Waals surface area (Å²) in [4.78, 5) is 23.4. The van der Waals surface area contributed by atoms with Crippen molar-refractivity contribution in [2.45, 2.75) is 6.10 Å². The van der Waals surface area contributed by atoms with Crippen LogP contribution >= 0.6 is 11.3 Å². The number of aliphatic hydroxyl groups is 1. The molecule has 0 spiro atoms. The fourth-order valence-corrected chi connectivity index (χ4v) is 2.63. The third-order valence-electron chi connectivity index (χ3n) is 2.69. The number of amides is 1. The highest BCUT2D eigenvalue weighted by molar-refractivity contribution is 7.20. The molecule has 0 radical (unpaired) electrons. The highest BCUT2D eigenvalue weighted by Crippen LogP contribution is 2.27. The molecule has 2 rings (SSSR count). The van der Waals surface area contributed by atoms with E-state index in [0.29, 0.717) is 10.6 Å². The Balaban J connectivity index is 2.06. The van der Waals surface area contributed by atoms with E-state index in [2.05, 4.69) is 10.1 Å². The van der Waals surface area contributed by atoms with Gasteiger partial charge in [0.15, 0.2) is 6.10 Å². The second-order valence-corrected chi connectivity index (χ2v) is 5.24. The normalized spacial score (nSPS) is 12.1. The van der Waals surface area contributed by atoms with Gasteiger partial charge in [-0.1, -0.05) is 0 Å². The summed E-state index contributed by atoms with van der Waals surface area (Å²) >= 11 is 1.31. The largest absolute Gasteiger partial charge is 0.467 e. The van der Waals surface area contributed by atoms with Crippen molar-refractivity contribution in [2.24, 2.45) is 0 Å². The summed E-state index contributed by atoms with van der Waals surface area (Å²) in [5.74, 6) is -1.14. The van der Waals surface area contributed by atoms with Crippen molar-refractivity contribution in [2.75, 3.05) is 19.4 Å². The molecule has 2 aromatic rings. The van der Waals surface area contributed by atoms with Crippen molar-refractivity contribution in [1.82, 2.24) is 5.32 Å². The molecule has 0 aliphatic carbocycles. The molecular weight excluding hydrogens is 280 g/mol. The van der Waals surface area contributed by atoms with Gasteiger partial charge in [0.1, 0.15) is 0 Å². The number of carbonyl (C=O) groups is 2. The maximum Gasteiger partial charge on any atom is 0.336 e. The lowest BCUT2D eigenvalue weighted by atomic mass is 10.2. The average molecular weight is 294 g/mol. The van der Waals surface area contributed by atoms with Gasteiger partial charge >= 0.3 is 5.97 Å². The predicted octanol–water partition coefficient (Wildman–Crippen LogP) is 0.747. The number of esters is 1. The molecule has 0 bridgehead atoms. The Bertz CT molecular complexity index is 653. The van der Waals surface area contributed by atoms with Crippen LogP contribution in [0, 0.1) is 0 Å². The van der Waals surface area contributed by atoms with Crippen LogP contribution in [0.2, 0.25) is 0 Å². The first-order chi connectivity index (χ1) is 9.51. The molecule has 0 fully saturated rings. The molecule has 0 aliphatic heterocycles. The SMILES string of the molecule is COC(=O)C(O)CNC(=O)c1cc2cc(N)ccc2s1. The molecule has 106 valence electrons. The van der Waals surface area contributed by atoms with Crippen molar-refractivity contribution in [3.63, 3.8) is 0 Å². The Labute approximate surface area is 119 Å². The second kappa shape index (κ2) is 5.89. The quantitative estimate of drug-likeness (QED) is 0.570. The van der Waals surface area contributed by atoms with E-state index in [-0.39, 0.29) is 12.5 Å². The summed E-state index contributed by atoms with van der Waals surface area (Å²) < 4.78 is 5.30. The van der Waals surface area contributed by atoms with Crippen molar-refractivity contribution >= 4 is 39.0 Å². The topological polar surface area (TPSA) is 102 Å². The molecule has 4 N–H and O–H groups in total. The third-order valence-corrected chi connectivity index (χ3v) is 3.81. The standard InChI is InChI=1S/C13H14N2O4S/c1-19-13(18)9(16)6-15-12(17)11-5-7-4-8(14)2-3-10(7)20-11/h2-5,9,16H,6,14H2,1H3,(H,15,17). The second-order valence-electron chi connectivity index (χ2n) is 4.16. The number of rotatable bonds is 4. The number of thiophene rings is 1. The van der Waals surface area contributed by atoms with Crippen LogP contribution in [0.25, 0.3) is 10.1 Å². The van der Waals surface area contributed by atoms with Gasteiger partial charge in [-0.3, -0.25) is 4.79 Å². The summed E-state index contributed by atoms with van der Waals surface area (Å²) in [7, 11) is 1.17. The van der Waals surface area contributed by atoms with Crippen LogP contribution in [-0.2, 0) is 9.53 Å². The molecule has 6 nitrogen and oxygen atoms in total. The highest BCUT2D eigenvalue weighted by atomic mass is 32.1. The molecule has 20 heavy (non-hydrogen) atoms. The number of carbonyl (C=O) groups excluding carboxylic acids is 2. The molecule has 1 heterocycles. The Morgan fingerprint density at radius 1 is 1.45 bits per heavy atom. The lowest BCUT2D eigenvalue weighted by Gasteiger charge is -2.08. The van der Waals surface area contributed by atoms with Gasteiger partial charge in [-0.2, -0.15) is 0 Å². The fourth-order valence-electron chi connectivity index (χ4n) is 1.67. The van der Waals surface area contributed by atoms with Crippen LogP contribution < -0.4 is 11.1 Å². The van der Waals surface area contributed by atoms with E-state index in [0.717, 1.165) is 10.1 Å². The summed E-state index contributed by atoms with van der Waals surface area (Å²) in [6.45, 7) is -0.193. The maximum atomic E-state index is 11.9. The summed E-state index contributed by atoms with van der Waals surface area (Å²) in [5.41, 5.74) is 6.30. The van der Waals surface area contributed by atoms with Crippen molar-refractivity contribution < 1.29 is 19.4 Å². The van der Waals surface area contributed by atoms with Gasteiger partial charge in [0, 0.05) is 10.4 Å². The molecule has 7 heteroatoms. The fraction of sp³-hybridized carbons (Fsp3) is 0.231. The molecule has 1 aromatic heterocycles. The van der Waals surface area contributed by atoms with Crippen molar-refractivity contribution in [3.8, 4) is 0 Å². The van der Waals surface area contributed by atoms with Crippen LogP contribution in [0.1, 0.15) is 9.67 Å². The third kappa shape index (κ3) is 3.06. The van der Waals surface area contributed by atoms with Crippen LogP contribution in [0.15, 0.2) is 24.3 Å². The molecular formula is C13H14N2O4S. The Hall–Kier alpha value is -2.12. The zero-order valence-corrected chi connectivity index (χ0v) is 11.6. The molecule has 0 saturated heterocycles. The van der Waals surface area contributed by atoms with Gasteiger partial charge in [-0.15, -0.1) is 11.3 Å². The van der Waals surface area contributed by atoms with Crippen LogP contribution in [0.4, 0.5) is 5.69 Å². The van der Waals surface area contributed by atoms with E-state index in [9.17, 15) is 14.7 Å². The van der Waals surface area contributed by atoms with E-state index in [1.165, 1.54) is 18.4 Å². The number of methoxy groups -OCH3 is 1. The monoisotopic (exact) mass is 294 g/mol. The lowest BCUT2D eigenvalue weighted by Crippen LogP contribution is -2.36. The zero-order valence-electron chi connectivity index (χ0n) is 10.8. The van der Waals surface area contributed by atoms with Crippen LogP contribution in [0.3, 0.4) is 0 Å². The van der Waals surface area contributed by atoms with Gasteiger partial charge in [0.05, 0.1) is 18.5 Å². The first-order valence-electron chi connectivity index (χ1n) is 5.84. The number of hydrogen-bond donors (Lipinski definition) is 3. The van der Waals surface area contributed by atoms with E-state index in [1.807, 2.05) is 6.07 Å². The predicted molar refractivity (Wildman–Crippen MR) is 76.6 cm³/mol. The number of fused-ring (bicyclic) bond motifs is 1. The van der Waals surface area contributed by atoms with Crippen LogP contribution in [0.5, 0.6) is 0 Å².